The highest BCUT2D eigenvalue weighted by Crippen LogP contribution is 2.17. The van der Waals surface area contributed by atoms with Crippen LogP contribution in [0.4, 0.5) is 4.79 Å². The molecule has 1 aromatic carbocycles. The van der Waals surface area contributed by atoms with E-state index in [4.69, 9.17) is 4.74 Å². The lowest BCUT2D eigenvalue weighted by atomic mass is 10.1. The Morgan fingerprint density at radius 3 is 2.91 bits per heavy atom. The lowest BCUT2D eigenvalue weighted by molar-refractivity contribution is 0.202. The topological polar surface area (TPSA) is 44.8 Å². The second kappa shape index (κ2) is 8.03. The van der Waals surface area contributed by atoms with Gasteiger partial charge in [-0.25, -0.2) is 4.79 Å². The minimum absolute atomic E-state index is 0.0228. The summed E-state index contributed by atoms with van der Waals surface area (Å²) in [5, 5.41) is 2.94. The predicted octanol–water partition coefficient (Wildman–Crippen LogP) is 1.97. The Morgan fingerprint density at radius 1 is 1.41 bits per heavy atom. The summed E-state index contributed by atoms with van der Waals surface area (Å²) < 4.78 is 5.68. The second-order valence-corrected chi connectivity index (χ2v) is 6.21. The molecule has 1 atom stereocenters. The van der Waals surface area contributed by atoms with Gasteiger partial charge < -0.3 is 19.9 Å². The van der Waals surface area contributed by atoms with E-state index in [1.54, 1.807) is 0 Å². The minimum Gasteiger partial charge on any atom is -0.491 e. The van der Waals surface area contributed by atoms with Crippen LogP contribution in [0, 0.1) is 12.8 Å². The number of aryl methyl sites for hydroxylation is 1. The van der Waals surface area contributed by atoms with Gasteiger partial charge in [0.25, 0.3) is 0 Å². The van der Waals surface area contributed by atoms with Gasteiger partial charge in [0.1, 0.15) is 12.4 Å². The van der Waals surface area contributed by atoms with Crippen molar-refractivity contribution in [3.8, 4) is 5.75 Å². The van der Waals surface area contributed by atoms with E-state index in [1.807, 2.05) is 36.1 Å². The molecule has 1 aliphatic heterocycles. The van der Waals surface area contributed by atoms with Crippen LogP contribution in [-0.2, 0) is 0 Å². The van der Waals surface area contributed by atoms with Crippen LogP contribution in [0.1, 0.15) is 12.0 Å². The van der Waals surface area contributed by atoms with E-state index < -0.39 is 0 Å². The normalized spacial score (nSPS) is 17.8. The molecule has 1 heterocycles. The minimum atomic E-state index is 0.0228. The molecule has 22 heavy (non-hydrogen) atoms. The Hall–Kier alpha value is -1.75. The molecular weight excluding hydrogens is 278 g/mol. The summed E-state index contributed by atoms with van der Waals surface area (Å²) in [5.74, 6) is 1.47. The van der Waals surface area contributed by atoms with Crippen molar-refractivity contribution in [2.24, 2.45) is 5.92 Å². The van der Waals surface area contributed by atoms with E-state index in [0.717, 1.165) is 37.4 Å². The van der Waals surface area contributed by atoms with Crippen LogP contribution >= 0.6 is 0 Å². The van der Waals surface area contributed by atoms with Crippen molar-refractivity contribution < 1.29 is 9.53 Å². The summed E-state index contributed by atoms with van der Waals surface area (Å²) >= 11 is 0. The van der Waals surface area contributed by atoms with Gasteiger partial charge in [0, 0.05) is 19.6 Å². The predicted molar refractivity (Wildman–Crippen MR) is 88.3 cm³/mol. The number of carbonyl (C=O) groups excluding carboxylic acids is 1. The fraction of sp³-hybridized carbons (Fsp3) is 0.588. The zero-order valence-corrected chi connectivity index (χ0v) is 13.8. The molecule has 1 N–H and O–H groups in total. The van der Waals surface area contributed by atoms with Crippen molar-refractivity contribution in [3.05, 3.63) is 29.8 Å². The van der Waals surface area contributed by atoms with Crippen molar-refractivity contribution >= 4 is 6.03 Å². The lowest BCUT2D eigenvalue weighted by Crippen LogP contribution is -2.40. The van der Waals surface area contributed by atoms with Gasteiger partial charge in [-0.15, -0.1) is 0 Å². The number of ether oxygens (including phenoxy) is 1. The number of para-hydroxylation sites is 1. The molecule has 1 aliphatic rings. The van der Waals surface area contributed by atoms with Gasteiger partial charge >= 0.3 is 6.03 Å². The van der Waals surface area contributed by atoms with Crippen LogP contribution in [0.25, 0.3) is 0 Å². The van der Waals surface area contributed by atoms with E-state index in [-0.39, 0.29) is 6.03 Å². The SMILES string of the molecule is Cc1ccccc1OCCNC(=O)N1CC[C@@H](CN(C)C)C1. The molecule has 1 aromatic rings. The number of benzene rings is 1. The van der Waals surface area contributed by atoms with Crippen LogP contribution in [0.5, 0.6) is 5.75 Å². The molecule has 1 saturated heterocycles. The van der Waals surface area contributed by atoms with Gasteiger partial charge in [-0.1, -0.05) is 18.2 Å². The maximum absolute atomic E-state index is 12.1. The Bertz CT molecular complexity index is 491. The first-order chi connectivity index (χ1) is 10.6. The Morgan fingerprint density at radius 2 is 2.18 bits per heavy atom. The first-order valence-electron chi connectivity index (χ1n) is 7.92. The highest BCUT2D eigenvalue weighted by Gasteiger charge is 2.26. The summed E-state index contributed by atoms with van der Waals surface area (Å²) in [6.07, 6.45) is 1.09. The molecule has 0 aromatic heterocycles. The van der Waals surface area contributed by atoms with E-state index in [9.17, 15) is 4.79 Å². The standard InChI is InChI=1S/C17H27N3O2/c1-14-6-4-5-7-16(14)22-11-9-18-17(21)20-10-8-15(13-20)12-19(2)3/h4-7,15H,8-13H2,1-3H3,(H,18,21)/t15-/m0/s1. The van der Waals surface area contributed by atoms with Crippen LogP contribution in [-0.4, -0.2) is 62.7 Å². The van der Waals surface area contributed by atoms with Crippen LogP contribution in [0.15, 0.2) is 24.3 Å². The molecule has 5 nitrogen and oxygen atoms in total. The van der Waals surface area contributed by atoms with Gasteiger partial charge in [-0.3, -0.25) is 0 Å². The Labute approximate surface area is 133 Å². The summed E-state index contributed by atoms with van der Waals surface area (Å²) in [4.78, 5) is 16.2. The monoisotopic (exact) mass is 305 g/mol. The van der Waals surface area contributed by atoms with E-state index in [0.29, 0.717) is 19.1 Å². The van der Waals surface area contributed by atoms with Crippen molar-refractivity contribution in [1.82, 2.24) is 15.1 Å². The number of hydrogen-bond donors (Lipinski definition) is 1. The van der Waals surface area contributed by atoms with Crippen molar-refractivity contribution in [2.45, 2.75) is 13.3 Å². The van der Waals surface area contributed by atoms with Gasteiger partial charge in [0.2, 0.25) is 0 Å². The quantitative estimate of drug-likeness (QED) is 0.817. The van der Waals surface area contributed by atoms with Crippen molar-refractivity contribution in [1.29, 1.82) is 0 Å². The third-order valence-electron chi connectivity index (χ3n) is 3.93. The molecule has 2 amide bonds. The molecular formula is C17H27N3O2. The highest BCUT2D eigenvalue weighted by atomic mass is 16.5. The number of rotatable bonds is 6. The average Bonchev–Trinajstić information content (AvgIpc) is 2.93. The maximum atomic E-state index is 12.1. The first kappa shape index (κ1) is 16.6. The van der Waals surface area contributed by atoms with E-state index in [1.165, 1.54) is 0 Å². The number of likely N-dealkylation sites (tertiary alicyclic amines) is 1. The number of urea groups is 1. The smallest absolute Gasteiger partial charge is 0.317 e. The van der Waals surface area contributed by atoms with Crippen molar-refractivity contribution in [3.63, 3.8) is 0 Å². The summed E-state index contributed by atoms with van der Waals surface area (Å²) in [5.41, 5.74) is 1.11. The second-order valence-electron chi connectivity index (χ2n) is 6.21. The third kappa shape index (κ3) is 4.91. The zero-order chi connectivity index (χ0) is 15.9. The van der Waals surface area contributed by atoms with E-state index >= 15 is 0 Å². The first-order valence-corrected chi connectivity index (χ1v) is 7.92. The fourth-order valence-corrected chi connectivity index (χ4v) is 2.83. The molecule has 1 fully saturated rings. The van der Waals surface area contributed by atoms with Crippen molar-refractivity contribution in [2.75, 3.05) is 46.9 Å². The third-order valence-corrected chi connectivity index (χ3v) is 3.93. The molecule has 0 bridgehead atoms. The largest absolute Gasteiger partial charge is 0.491 e. The Balaban J connectivity index is 1.65. The summed E-state index contributed by atoms with van der Waals surface area (Å²) in [6.45, 7) is 5.78. The number of nitrogens with zero attached hydrogens (tertiary/aromatic N) is 2. The molecule has 0 unspecified atom stereocenters. The molecule has 122 valence electrons. The van der Waals surface area contributed by atoms with Crippen LogP contribution in [0.3, 0.4) is 0 Å². The summed E-state index contributed by atoms with van der Waals surface area (Å²) in [7, 11) is 4.15. The molecule has 0 spiro atoms. The molecule has 0 radical (unpaired) electrons. The number of amides is 2. The van der Waals surface area contributed by atoms with Gasteiger partial charge in [0.05, 0.1) is 6.54 Å². The fourth-order valence-electron chi connectivity index (χ4n) is 2.83. The number of hydrogen-bond acceptors (Lipinski definition) is 3. The van der Waals surface area contributed by atoms with Crippen LogP contribution < -0.4 is 10.1 Å². The maximum Gasteiger partial charge on any atom is 0.317 e. The number of nitrogens with one attached hydrogen (secondary N) is 1. The van der Waals surface area contributed by atoms with Crippen LogP contribution in [0.2, 0.25) is 0 Å². The van der Waals surface area contributed by atoms with Gasteiger partial charge in [-0.05, 0) is 45.0 Å². The van der Waals surface area contributed by atoms with E-state index in [2.05, 4.69) is 24.3 Å². The molecule has 5 heteroatoms. The van der Waals surface area contributed by atoms with Gasteiger partial charge in [0.15, 0.2) is 0 Å². The molecule has 2 rings (SSSR count). The highest BCUT2D eigenvalue weighted by molar-refractivity contribution is 5.74. The lowest BCUT2D eigenvalue weighted by Gasteiger charge is -2.19. The summed E-state index contributed by atoms with van der Waals surface area (Å²) in [6, 6.07) is 7.93. The molecule has 0 saturated carbocycles. The average molecular weight is 305 g/mol. The zero-order valence-electron chi connectivity index (χ0n) is 13.8. The number of carbonyl (C=O) groups is 1. The molecule has 0 aliphatic carbocycles. The Kier molecular flexibility index (Phi) is 6.07. The van der Waals surface area contributed by atoms with Gasteiger partial charge in [-0.2, -0.15) is 0 Å².